The first-order valence-corrected chi connectivity index (χ1v) is 8.63. The number of rotatable bonds is 4. The second kappa shape index (κ2) is 7.11. The number of halogens is 4. The molecule has 1 aliphatic heterocycles. The van der Waals surface area contributed by atoms with Crippen LogP contribution in [0.3, 0.4) is 0 Å². The van der Waals surface area contributed by atoms with Gasteiger partial charge < -0.3 is 9.62 Å². The molecule has 0 aliphatic carbocycles. The second-order valence-corrected chi connectivity index (χ2v) is 6.92. The van der Waals surface area contributed by atoms with Crippen molar-refractivity contribution in [2.24, 2.45) is 5.92 Å². The quantitative estimate of drug-likeness (QED) is 0.457. The minimum absolute atomic E-state index is 0.109. The highest BCUT2D eigenvalue weighted by molar-refractivity contribution is 8.00. The molecule has 0 spiro atoms. The van der Waals surface area contributed by atoms with Gasteiger partial charge in [0, 0.05) is 19.2 Å². The summed E-state index contributed by atoms with van der Waals surface area (Å²) in [7, 11) is 0. The molecule has 2 heterocycles. The lowest BCUT2D eigenvalue weighted by molar-refractivity contribution is 0.540. The highest BCUT2D eigenvalue weighted by atomic mass is 35.5. The first kappa shape index (κ1) is 17.2. The predicted octanol–water partition coefficient (Wildman–Crippen LogP) is 5.12. The molecular weight excluding hydrogens is 359 g/mol. The van der Waals surface area contributed by atoms with E-state index in [4.69, 9.17) is 11.6 Å². The third kappa shape index (κ3) is 3.57. The first-order valence-electron chi connectivity index (χ1n) is 7.43. The van der Waals surface area contributed by atoms with E-state index < -0.39 is 17.6 Å². The molecule has 8 heteroatoms. The fraction of sp³-hybridized carbons (Fsp3) is 0.312. The lowest BCUT2D eigenvalue weighted by Crippen LogP contribution is -2.20. The van der Waals surface area contributed by atoms with Crippen molar-refractivity contribution in [3.05, 3.63) is 46.9 Å². The van der Waals surface area contributed by atoms with Crippen LogP contribution in [0.2, 0.25) is 5.02 Å². The first-order chi connectivity index (χ1) is 11.5. The molecule has 1 N–H and O–H groups in total. The molecular formula is C16H15ClF3N3S. The number of hydrogen-bond donors (Lipinski definition) is 1. The van der Waals surface area contributed by atoms with E-state index in [9.17, 15) is 13.2 Å². The Balaban J connectivity index is 1.83. The number of benzene rings is 1. The number of nitrogens with one attached hydrogen (secondary N) is 1. The molecule has 1 saturated heterocycles. The van der Waals surface area contributed by atoms with E-state index in [0.29, 0.717) is 23.6 Å². The van der Waals surface area contributed by atoms with Crippen LogP contribution in [0.1, 0.15) is 13.3 Å². The van der Waals surface area contributed by atoms with Crippen molar-refractivity contribution < 1.29 is 13.2 Å². The van der Waals surface area contributed by atoms with E-state index in [-0.39, 0.29) is 15.7 Å². The monoisotopic (exact) mass is 373 g/mol. The maximum absolute atomic E-state index is 14.5. The molecule has 0 saturated carbocycles. The zero-order valence-corrected chi connectivity index (χ0v) is 14.4. The van der Waals surface area contributed by atoms with E-state index >= 15 is 0 Å². The van der Waals surface area contributed by atoms with Gasteiger partial charge in [0.05, 0.1) is 5.69 Å². The van der Waals surface area contributed by atoms with Crippen LogP contribution in [0.15, 0.2) is 29.2 Å². The molecule has 1 atom stereocenters. The van der Waals surface area contributed by atoms with Crippen molar-refractivity contribution in [3.63, 3.8) is 0 Å². The van der Waals surface area contributed by atoms with Crippen molar-refractivity contribution in [2.75, 3.05) is 22.7 Å². The largest absolute Gasteiger partial charge is 0.370 e. The topological polar surface area (TPSA) is 28.2 Å². The summed E-state index contributed by atoms with van der Waals surface area (Å²) < 4.78 is 44.5. The molecule has 0 bridgehead atoms. The highest BCUT2D eigenvalue weighted by Gasteiger charge is 2.25. The van der Waals surface area contributed by atoms with Crippen molar-refractivity contribution in [2.45, 2.75) is 18.2 Å². The Morgan fingerprint density at radius 1 is 1.33 bits per heavy atom. The van der Waals surface area contributed by atoms with E-state index in [1.807, 2.05) is 4.90 Å². The Morgan fingerprint density at radius 2 is 2.12 bits per heavy atom. The van der Waals surface area contributed by atoms with Gasteiger partial charge in [0.25, 0.3) is 0 Å². The van der Waals surface area contributed by atoms with Crippen LogP contribution in [0.4, 0.5) is 24.7 Å². The minimum atomic E-state index is -0.833. The summed E-state index contributed by atoms with van der Waals surface area (Å²) in [5.74, 6) is -1.62. The Hall–Kier alpha value is -1.60. The molecule has 24 heavy (non-hydrogen) atoms. The lowest BCUT2D eigenvalue weighted by atomic mass is 10.2. The van der Waals surface area contributed by atoms with Crippen molar-refractivity contribution in [3.8, 4) is 0 Å². The summed E-state index contributed by atoms with van der Waals surface area (Å²) in [6, 6.07) is 5.36. The Bertz CT molecular complexity index is 760. The van der Waals surface area contributed by atoms with Crippen molar-refractivity contribution in [1.29, 1.82) is 0 Å². The molecule has 128 valence electrons. The van der Waals surface area contributed by atoms with E-state index in [0.717, 1.165) is 19.5 Å². The van der Waals surface area contributed by atoms with Crippen LogP contribution < -0.4 is 9.62 Å². The summed E-state index contributed by atoms with van der Waals surface area (Å²) in [5, 5.41) is -0.109. The van der Waals surface area contributed by atoms with Gasteiger partial charge in [0.2, 0.25) is 5.95 Å². The third-order valence-corrected chi connectivity index (χ3v) is 5.08. The Labute approximate surface area is 147 Å². The number of pyridine rings is 1. The van der Waals surface area contributed by atoms with Gasteiger partial charge in [-0.3, -0.25) is 0 Å². The number of nitrogens with zero attached hydrogens (tertiary/aromatic N) is 2. The fourth-order valence-electron chi connectivity index (χ4n) is 2.61. The minimum Gasteiger partial charge on any atom is -0.370 e. The van der Waals surface area contributed by atoms with Crippen LogP contribution in [-0.2, 0) is 0 Å². The number of aromatic nitrogens is 1. The molecule has 1 aliphatic rings. The summed E-state index contributed by atoms with van der Waals surface area (Å²) in [5.41, 5.74) is 0.365. The Kier molecular flexibility index (Phi) is 5.10. The van der Waals surface area contributed by atoms with Crippen molar-refractivity contribution in [1.82, 2.24) is 4.98 Å². The van der Waals surface area contributed by atoms with Crippen LogP contribution in [0, 0.1) is 23.5 Å². The second-order valence-electron chi connectivity index (χ2n) is 5.72. The van der Waals surface area contributed by atoms with E-state index in [1.165, 1.54) is 24.3 Å². The summed E-state index contributed by atoms with van der Waals surface area (Å²) >= 11 is 6.77. The predicted molar refractivity (Wildman–Crippen MR) is 91.0 cm³/mol. The molecule has 1 aromatic carbocycles. The van der Waals surface area contributed by atoms with Crippen LogP contribution in [0.5, 0.6) is 0 Å². The molecule has 1 unspecified atom stereocenters. The average molecular weight is 374 g/mol. The van der Waals surface area contributed by atoms with E-state index in [2.05, 4.69) is 16.6 Å². The summed E-state index contributed by atoms with van der Waals surface area (Å²) in [6.45, 7) is 3.52. The summed E-state index contributed by atoms with van der Waals surface area (Å²) in [6.07, 6.45) is 0.961. The third-order valence-electron chi connectivity index (χ3n) is 3.83. The average Bonchev–Trinajstić information content (AvgIpc) is 2.97. The van der Waals surface area contributed by atoms with Crippen LogP contribution >= 0.6 is 23.5 Å². The molecule has 1 fully saturated rings. The van der Waals surface area contributed by atoms with Crippen LogP contribution in [-0.4, -0.2) is 18.1 Å². The van der Waals surface area contributed by atoms with Gasteiger partial charge in [-0.15, -0.1) is 0 Å². The molecule has 0 amide bonds. The van der Waals surface area contributed by atoms with Gasteiger partial charge in [-0.05, 0) is 36.4 Å². The van der Waals surface area contributed by atoms with Gasteiger partial charge in [-0.1, -0.05) is 24.6 Å². The van der Waals surface area contributed by atoms with Gasteiger partial charge in [-0.2, -0.15) is 4.39 Å². The van der Waals surface area contributed by atoms with Crippen LogP contribution in [0.25, 0.3) is 0 Å². The van der Waals surface area contributed by atoms with Crippen molar-refractivity contribution >= 4 is 35.1 Å². The fourth-order valence-corrected chi connectivity index (χ4v) is 3.60. The standard InChI is InChI=1S/C16H15ClF3N3S/c1-9-5-6-23(8-9)11-7-10(18)16(15(20)14(11)17)24-22-13-4-2-3-12(19)21-13/h2-4,7,9H,5-6,8H2,1H3,(H,21,22). The normalized spacial score (nSPS) is 17.4. The van der Waals surface area contributed by atoms with Gasteiger partial charge in [-0.25, -0.2) is 13.8 Å². The Morgan fingerprint density at radius 3 is 2.79 bits per heavy atom. The smallest absolute Gasteiger partial charge is 0.214 e. The maximum Gasteiger partial charge on any atom is 0.214 e. The zero-order chi connectivity index (χ0) is 17.3. The van der Waals surface area contributed by atoms with Gasteiger partial charge >= 0.3 is 0 Å². The number of hydrogen-bond acceptors (Lipinski definition) is 4. The van der Waals surface area contributed by atoms with Gasteiger partial charge in [0.15, 0.2) is 5.82 Å². The lowest BCUT2D eigenvalue weighted by Gasteiger charge is -2.21. The summed E-state index contributed by atoms with van der Waals surface area (Å²) in [4.78, 5) is 5.18. The zero-order valence-electron chi connectivity index (χ0n) is 12.8. The number of anilines is 2. The molecule has 3 rings (SSSR count). The molecule has 0 radical (unpaired) electrons. The maximum atomic E-state index is 14.5. The molecule has 3 nitrogen and oxygen atoms in total. The molecule has 2 aromatic rings. The van der Waals surface area contributed by atoms with E-state index in [1.54, 1.807) is 0 Å². The SMILES string of the molecule is CC1CCN(c2cc(F)c(SNc3cccc(F)n3)c(F)c2Cl)C1. The highest BCUT2D eigenvalue weighted by Crippen LogP contribution is 2.38. The molecule has 1 aromatic heterocycles. The van der Waals surface area contributed by atoms with Gasteiger partial charge in [0.1, 0.15) is 21.6 Å².